The molecule has 0 fully saturated rings. The van der Waals surface area contributed by atoms with Crippen molar-refractivity contribution in [2.24, 2.45) is 0 Å². The first-order valence-electron chi connectivity index (χ1n) is 6.44. The standard InChI is InChI=1S/C17H17ClO2/c1-11-4-5-12(2)14(8-11)9-16(19)13-6-7-15(18)17(10-13)20-3/h4-8,10H,9H2,1-3H3. The predicted molar refractivity (Wildman–Crippen MR) is 82.0 cm³/mol. The Bertz CT molecular complexity index is 647. The zero-order chi connectivity index (χ0) is 14.7. The Kier molecular flexibility index (Phi) is 4.46. The van der Waals surface area contributed by atoms with E-state index >= 15 is 0 Å². The lowest BCUT2D eigenvalue weighted by Gasteiger charge is -2.08. The number of rotatable bonds is 4. The van der Waals surface area contributed by atoms with Crippen LogP contribution in [-0.4, -0.2) is 12.9 Å². The Morgan fingerprint density at radius 1 is 1.15 bits per heavy atom. The van der Waals surface area contributed by atoms with Crippen molar-refractivity contribution in [3.63, 3.8) is 0 Å². The molecule has 0 N–H and O–H groups in total. The van der Waals surface area contributed by atoms with Crippen molar-refractivity contribution >= 4 is 17.4 Å². The molecule has 20 heavy (non-hydrogen) atoms. The smallest absolute Gasteiger partial charge is 0.167 e. The Balaban J connectivity index is 2.26. The number of methoxy groups -OCH3 is 1. The molecular formula is C17H17ClO2. The van der Waals surface area contributed by atoms with E-state index < -0.39 is 0 Å². The second kappa shape index (κ2) is 6.10. The van der Waals surface area contributed by atoms with Crippen LogP contribution in [0.3, 0.4) is 0 Å². The van der Waals surface area contributed by atoms with Gasteiger partial charge in [0.25, 0.3) is 0 Å². The van der Waals surface area contributed by atoms with Crippen molar-refractivity contribution < 1.29 is 9.53 Å². The predicted octanol–water partition coefficient (Wildman–Crippen LogP) is 4.39. The lowest BCUT2D eigenvalue weighted by molar-refractivity contribution is 0.0992. The SMILES string of the molecule is COc1cc(C(=O)Cc2cc(C)ccc2C)ccc1Cl. The Morgan fingerprint density at radius 2 is 1.90 bits per heavy atom. The summed E-state index contributed by atoms with van der Waals surface area (Å²) in [5.74, 6) is 0.590. The van der Waals surface area contributed by atoms with E-state index in [1.54, 1.807) is 25.3 Å². The highest BCUT2D eigenvalue weighted by atomic mass is 35.5. The van der Waals surface area contributed by atoms with Crippen molar-refractivity contribution in [3.05, 3.63) is 63.7 Å². The minimum Gasteiger partial charge on any atom is -0.495 e. The second-order valence-corrected chi connectivity index (χ2v) is 5.29. The van der Waals surface area contributed by atoms with E-state index in [1.165, 1.54) is 0 Å². The summed E-state index contributed by atoms with van der Waals surface area (Å²) in [5, 5.41) is 0.510. The molecule has 0 saturated heterocycles. The summed E-state index contributed by atoms with van der Waals surface area (Å²) < 4.78 is 5.14. The molecular weight excluding hydrogens is 272 g/mol. The summed E-state index contributed by atoms with van der Waals surface area (Å²) in [5.41, 5.74) is 3.97. The van der Waals surface area contributed by atoms with Gasteiger partial charge in [0.2, 0.25) is 0 Å². The van der Waals surface area contributed by atoms with Gasteiger partial charge in [0.15, 0.2) is 5.78 Å². The Morgan fingerprint density at radius 3 is 2.60 bits per heavy atom. The third-order valence-electron chi connectivity index (χ3n) is 3.33. The number of hydrogen-bond acceptors (Lipinski definition) is 2. The third kappa shape index (κ3) is 3.20. The molecule has 104 valence electrons. The molecule has 0 aromatic heterocycles. The summed E-state index contributed by atoms with van der Waals surface area (Å²) in [6.07, 6.45) is 0.387. The highest BCUT2D eigenvalue weighted by Crippen LogP contribution is 2.26. The molecule has 0 bridgehead atoms. The Labute approximate surface area is 124 Å². The van der Waals surface area contributed by atoms with Crippen LogP contribution >= 0.6 is 11.6 Å². The van der Waals surface area contributed by atoms with Gasteiger partial charge in [0.05, 0.1) is 12.1 Å². The van der Waals surface area contributed by atoms with Crippen LogP contribution in [0, 0.1) is 13.8 Å². The molecule has 3 heteroatoms. The van der Waals surface area contributed by atoms with Crippen LogP contribution in [0.2, 0.25) is 5.02 Å². The quantitative estimate of drug-likeness (QED) is 0.780. The van der Waals surface area contributed by atoms with Gasteiger partial charge >= 0.3 is 0 Å². The summed E-state index contributed by atoms with van der Waals surface area (Å²) in [6, 6.07) is 11.3. The molecule has 0 saturated carbocycles. The zero-order valence-corrected chi connectivity index (χ0v) is 12.6. The van der Waals surface area contributed by atoms with Crippen molar-refractivity contribution in [1.29, 1.82) is 0 Å². The maximum Gasteiger partial charge on any atom is 0.167 e. The van der Waals surface area contributed by atoms with Gasteiger partial charge in [-0.3, -0.25) is 4.79 Å². The fraction of sp³-hybridized carbons (Fsp3) is 0.235. The van der Waals surface area contributed by atoms with E-state index in [-0.39, 0.29) is 5.78 Å². The Hall–Kier alpha value is -1.80. The first kappa shape index (κ1) is 14.6. The largest absolute Gasteiger partial charge is 0.495 e. The molecule has 0 spiro atoms. The maximum absolute atomic E-state index is 12.4. The van der Waals surface area contributed by atoms with Crippen molar-refractivity contribution in [2.45, 2.75) is 20.3 Å². The molecule has 0 amide bonds. The number of ether oxygens (including phenoxy) is 1. The van der Waals surface area contributed by atoms with Crippen molar-refractivity contribution in [2.75, 3.05) is 7.11 Å². The van der Waals surface area contributed by atoms with Crippen LogP contribution in [0.15, 0.2) is 36.4 Å². The lowest BCUT2D eigenvalue weighted by Crippen LogP contribution is -2.05. The van der Waals surface area contributed by atoms with Crippen molar-refractivity contribution in [3.8, 4) is 5.75 Å². The molecule has 0 aliphatic rings. The van der Waals surface area contributed by atoms with Crippen LogP contribution < -0.4 is 4.74 Å². The van der Waals surface area contributed by atoms with Gasteiger partial charge in [-0.1, -0.05) is 35.4 Å². The monoisotopic (exact) mass is 288 g/mol. The van der Waals surface area contributed by atoms with Crippen LogP contribution in [-0.2, 0) is 6.42 Å². The lowest BCUT2D eigenvalue weighted by atomic mass is 9.98. The van der Waals surface area contributed by atoms with E-state index in [1.807, 2.05) is 19.9 Å². The molecule has 2 aromatic carbocycles. The minimum absolute atomic E-state index is 0.0636. The zero-order valence-electron chi connectivity index (χ0n) is 11.9. The van der Waals surface area contributed by atoms with Gasteiger partial charge in [-0.05, 0) is 43.2 Å². The fourth-order valence-electron chi connectivity index (χ4n) is 2.10. The first-order valence-corrected chi connectivity index (χ1v) is 6.82. The molecule has 0 aliphatic heterocycles. The molecule has 0 heterocycles. The molecule has 2 rings (SSSR count). The van der Waals surface area contributed by atoms with Crippen molar-refractivity contribution in [1.82, 2.24) is 0 Å². The number of carbonyl (C=O) groups excluding carboxylic acids is 1. The van der Waals surface area contributed by atoms with Gasteiger partial charge in [-0.25, -0.2) is 0 Å². The summed E-state index contributed by atoms with van der Waals surface area (Å²) >= 11 is 5.97. The molecule has 0 atom stereocenters. The number of ketones is 1. The van der Waals surface area contributed by atoms with Gasteiger partial charge < -0.3 is 4.74 Å². The van der Waals surface area contributed by atoms with E-state index in [0.29, 0.717) is 22.8 Å². The van der Waals surface area contributed by atoms with Gasteiger partial charge in [0, 0.05) is 12.0 Å². The normalized spacial score (nSPS) is 10.4. The van der Waals surface area contributed by atoms with Crippen LogP contribution in [0.1, 0.15) is 27.0 Å². The van der Waals surface area contributed by atoms with Crippen LogP contribution in [0.25, 0.3) is 0 Å². The van der Waals surface area contributed by atoms with Gasteiger partial charge in [0.1, 0.15) is 5.75 Å². The number of halogens is 1. The molecule has 2 aromatic rings. The van der Waals surface area contributed by atoms with Gasteiger partial charge in [-0.2, -0.15) is 0 Å². The van der Waals surface area contributed by atoms with Crippen LogP contribution in [0.4, 0.5) is 0 Å². The van der Waals surface area contributed by atoms with E-state index in [4.69, 9.17) is 16.3 Å². The molecule has 0 radical (unpaired) electrons. The van der Waals surface area contributed by atoms with Crippen LogP contribution in [0.5, 0.6) is 5.75 Å². The van der Waals surface area contributed by atoms with E-state index in [9.17, 15) is 4.79 Å². The summed E-state index contributed by atoms with van der Waals surface area (Å²) in [4.78, 5) is 12.4. The summed E-state index contributed by atoms with van der Waals surface area (Å²) in [7, 11) is 1.54. The molecule has 0 aliphatic carbocycles. The summed E-state index contributed by atoms with van der Waals surface area (Å²) in [6.45, 7) is 4.04. The number of carbonyl (C=O) groups is 1. The van der Waals surface area contributed by atoms with E-state index in [0.717, 1.165) is 16.7 Å². The fourth-order valence-corrected chi connectivity index (χ4v) is 2.29. The minimum atomic E-state index is 0.0636. The highest BCUT2D eigenvalue weighted by molar-refractivity contribution is 6.32. The van der Waals surface area contributed by atoms with Gasteiger partial charge in [-0.15, -0.1) is 0 Å². The molecule has 2 nitrogen and oxygen atoms in total. The number of Topliss-reactive ketones (excluding diaryl/α,β-unsaturated/α-hetero) is 1. The average Bonchev–Trinajstić information content (AvgIpc) is 2.43. The third-order valence-corrected chi connectivity index (χ3v) is 3.64. The number of benzene rings is 2. The first-order chi connectivity index (χ1) is 9.51. The maximum atomic E-state index is 12.4. The second-order valence-electron chi connectivity index (χ2n) is 4.88. The molecule has 0 unspecified atom stereocenters. The highest BCUT2D eigenvalue weighted by Gasteiger charge is 2.11. The average molecular weight is 289 g/mol. The topological polar surface area (TPSA) is 26.3 Å². The number of aryl methyl sites for hydroxylation is 2. The number of hydrogen-bond donors (Lipinski definition) is 0. The van der Waals surface area contributed by atoms with E-state index in [2.05, 4.69) is 12.1 Å².